The van der Waals surface area contributed by atoms with E-state index in [1.807, 2.05) is 55.4 Å². The number of rotatable bonds is 16. The topological polar surface area (TPSA) is 127 Å². The third-order valence-corrected chi connectivity index (χ3v) is 8.49. The van der Waals surface area contributed by atoms with Crippen LogP contribution < -0.4 is 17.1 Å². The van der Waals surface area contributed by atoms with E-state index < -0.39 is 35.4 Å². The number of nitrogens with zero attached hydrogens (tertiary/aromatic N) is 3. The maximum Gasteiger partial charge on any atom is 0.336 e. The molecule has 0 amide bonds. The first-order chi connectivity index (χ1) is 16.9. The van der Waals surface area contributed by atoms with Gasteiger partial charge in [-0.2, -0.15) is 0 Å². The molecule has 1 rings (SSSR count). The lowest BCUT2D eigenvalue weighted by Gasteiger charge is -2.30. The van der Waals surface area contributed by atoms with Gasteiger partial charge in [0.05, 0.1) is 37.9 Å². The molecular weight excluding hydrogens is 474 g/mol. The first-order valence-corrected chi connectivity index (χ1v) is 13.9. The smallest absolute Gasteiger partial charge is 0.336 e. The van der Waals surface area contributed by atoms with Crippen molar-refractivity contribution in [1.29, 1.82) is 0 Å². The van der Waals surface area contributed by atoms with Crippen LogP contribution in [0.2, 0.25) is 0 Å². The number of aliphatic hydroxyl groups is 3. The lowest BCUT2D eigenvalue weighted by molar-refractivity contribution is 0.0746. The van der Waals surface area contributed by atoms with E-state index in [-0.39, 0.29) is 35.9 Å². The fourth-order valence-electron chi connectivity index (χ4n) is 4.65. The van der Waals surface area contributed by atoms with E-state index in [9.17, 15) is 29.7 Å². The van der Waals surface area contributed by atoms with Crippen LogP contribution in [0.4, 0.5) is 0 Å². The number of hydrogen-bond donors (Lipinski definition) is 3. The highest BCUT2D eigenvalue weighted by Gasteiger charge is 2.28. The average Bonchev–Trinajstić information content (AvgIpc) is 2.81. The lowest BCUT2D eigenvalue weighted by Crippen LogP contribution is -2.57. The van der Waals surface area contributed by atoms with Crippen LogP contribution in [0, 0.1) is 16.2 Å². The van der Waals surface area contributed by atoms with Gasteiger partial charge in [0.25, 0.3) is 0 Å². The van der Waals surface area contributed by atoms with Crippen molar-refractivity contribution in [1.82, 2.24) is 13.7 Å². The molecule has 0 aliphatic rings. The van der Waals surface area contributed by atoms with E-state index in [0.29, 0.717) is 19.3 Å². The van der Waals surface area contributed by atoms with E-state index in [0.717, 1.165) is 39.4 Å². The van der Waals surface area contributed by atoms with Gasteiger partial charge in [-0.25, -0.2) is 28.1 Å². The zero-order valence-electron chi connectivity index (χ0n) is 24.7. The van der Waals surface area contributed by atoms with Gasteiger partial charge in [-0.3, -0.25) is 0 Å². The van der Waals surface area contributed by atoms with Crippen LogP contribution >= 0.6 is 0 Å². The summed E-state index contributed by atoms with van der Waals surface area (Å²) in [5.74, 6) is 0. The van der Waals surface area contributed by atoms with Crippen LogP contribution in [0.1, 0.15) is 107 Å². The van der Waals surface area contributed by atoms with Gasteiger partial charge in [-0.1, -0.05) is 88.0 Å². The molecule has 0 aliphatic carbocycles. The van der Waals surface area contributed by atoms with E-state index in [2.05, 4.69) is 6.92 Å². The molecule has 0 radical (unpaired) electrons. The molecule has 216 valence electrons. The molecule has 3 N–H and O–H groups in total. The van der Waals surface area contributed by atoms with Gasteiger partial charge in [0.15, 0.2) is 0 Å². The monoisotopic (exact) mass is 527 g/mol. The predicted molar refractivity (Wildman–Crippen MR) is 148 cm³/mol. The van der Waals surface area contributed by atoms with Crippen molar-refractivity contribution >= 4 is 0 Å². The Bertz CT molecular complexity index is 968. The van der Waals surface area contributed by atoms with Crippen LogP contribution in [0.5, 0.6) is 0 Å². The Labute approximate surface area is 222 Å². The molecule has 3 atom stereocenters. The summed E-state index contributed by atoms with van der Waals surface area (Å²) in [6.07, 6.45) is 1.49. The Hall–Kier alpha value is -1.71. The molecule has 3 unspecified atom stereocenters. The molecule has 1 heterocycles. The summed E-state index contributed by atoms with van der Waals surface area (Å²) in [6.45, 7) is 17.3. The Morgan fingerprint density at radius 1 is 0.541 bits per heavy atom. The van der Waals surface area contributed by atoms with Crippen molar-refractivity contribution in [2.45, 2.75) is 145 Å². The molecule has 0 spiro atoms. The fraction of sp³-hybridized carbons (Fsp3) is 0.893. The number of aliphatic hydroxyl groups excluding tert-OH is 3. The highest BCUT2D eigenvalue weighted by molar-refractivity contribution is 4.85. The van der Waals surface area contributed by atoms with E-state index >= 15 is 0 Å². The maximum absolute atomic E-state index is 13.4. The quantitative estimate of drug-likeness (QED) is 0.303. The van der Waals surface area contributed by atoms with Gasteiger partial charge in [0.1, 0.15) is 0 Å². The van der Waals surface area contributed by atoms with E-state index in [1.54, 1.807) is 0 Å². The van der Waals surface area contributed by atoms with Gasteiger partial charge in [-0.15, -0.1) is 0 Å². The van der Waals surface area contributed by atoms with Gasteiger partial charge in [0, 0.05) is 0 Å². The zero-order chi connectivity index (χ0) is 28.8. The largest absolute Gasteiger partial charge is 0.391 e. The first-order valence-electron chi connectivity index (χ1n) is 13.9. The number of hydrogen-bond acceptors (Lipinski definition) is 6. The van der Waals surface area contributed by atoms with Crippen LogP contribution in [-0.4, -0.2) is 47.3 Å². The van der Waals surface area contributed by atoms with Crippen molar-refractivity contribution in [3.63, 3.8) is 0 Å². The van der Waals surface area contributed by atoms with Crippen molar-refractivity contribution in [2.24, 2.45) is 16.2 Å². The van der Waals surface area contributed by atoms with Gasteiger partial charge in [0.2, 0.25) is 0 Å². The summed E-state index contributed by atoms with van der Waals surface area (Å²) in [7, 11) is 0. The SMILES string of the molecule is CCC(C)(C)CC(O)Cn1c(=O)n(CC(O)CC(C)(C)CC)c(=O)n(CC(O)CC(C)(CC)CC)c1=O. The molecule has 9 nitrogen and oxygen atoms in total. The third kappa shape index (κ3) is 9.52. The summed E-state index contributed by atoms with van der Waals surface area (Å²) >= 11 is 0. The molecular formula is C28H53N3O6. The maximum atomic E-state index is 13.4. The first kappa shape index (κ1) is 33.3. The van der Waals surface area contributed by atoms with Gasteiger partial charge in [-0.05, 0) is 35.5 Å². The minimum atomic E-state index is -0.975. The van der Waals surface area contributed by atoms with Crippen molar-refractivity contribution in [3.05, 3.63) is 31.5 Å². The normalized spacial score (nSPS) is 15.6. The second-order valence-electron chi connectivity index (χ2n) is 12.8. The van der Waals surface area contributed by atoms with Crippen molar-refractivity contribution < 1.29 is 15.3 Å². The molecule has 0 aliphatic heterocycles. The third-order valence-electron chi connectivity index (χ3n) is 8.49. The molecule has 0 saturated heterocycles. The highest BCUT2D eigenvalue weighted by Crippen LogP contribution is 2.31. The molecule has 0 saturated carbocycles. The molecule has 0 aromatic carbocycles. The molecule has 0 bridgehead atoms. The minimum Gasteiger partial charge on any atom is -0.391 e. The molecule has 37 heavy (non-hydrogen) atoms. The second-order valence-corrected chi connectivity index (χ2v) is 12.8. The lowest BCUT2D eigenvalue weighted by atomic mass is 9.79. The standard InChI is InChI=1S/C28H53N3O6/c1-10-26(5,6)14-20(32)17-29-23(35)30(18-21(33)15-27(7,8)11-2)25(37)31(24(29)36)19-22(34)16-28(9,12-3)13-4/h20-22,32-34H,10-19H2,1-9H3. The summed E-state index contributed by atoms with van der Waals surface area (Å²) in [5.41, 5.74) is -3.10. The number of aromatic nitrogens is 3. The van der Waals surface area contributed by atoms with Gasteiger partial charge < -0.3 is 15.3 Å². The zero-order valence-corrected chi connectivity index (χ0v) is 24.7. The second kappa shape index (κ2) is 13.4. The van der Waals surface area contributed by atoms with Gasteiger partial charge >= 0.3 is 17.1 Å². The van der Waals surface area contributed by atoms with Crippen molar-refractivity contribution in [3.8, 4) is 0 Å². The predicted octanol–water partition coefficient (Wildman–Crippen LogP) is 3.12. The van der Waals surface area contributed by atoms with E-state index in [4.69, 9.17) is 0 Å². The minimum absolute atomic E-state index is 0.152. The van der Waals surface area contributed by atoms with Crippen LogP contribution in [0.15, 0.2) is 14.4 Å². The van der Waals surface area contributed by atoms with E-state index in [1.165, 1.54) is 0 Å². The fourth-order valence-corrected chi connectivity index (χ4v) is 4.65. The Morgan fingerprint density at radius 2 is 0.811 bits per heavy atom. The molecule has 9 heteroatoms. The molecule has 1 aromatic heterocycles. The Kier molecular flexibility index (Phi) is 12.0. The highest BCUT2D eigenvalue weighted by atomic mass is 16.3. The molecule has 0 fully saturated rings. The summed E-state index contributed by atoms with van der Waals surface area (Å²) in [6, 6.07) is 0. The Morgan fingerprint density at radius 3 is 1.05 bits per heavy atom. The summed E-state index contributed by atoms with van der Waals surface area (Å²) in [5, 5.41) is 32.3. The summed E-state index contributed by atoms with van der Waals surface area (Å²) < 4.78 is 2.63. The summed E-state index contributed by atoms with van der Waals surface area (Å²) in [4.78, 5) is 40.1. The van der Waals surface area contributed by atoms with Crippen molar-refractivity contribution in [2.75, 3.05) is 0 Å². The Balaban J connectivity index is 3.54. The molecule has 1 aromatic rings. The van der Waals surface area contributed by atoms with Crippen LogP contribution in [-0.2, 0) is 19.6 Å². The van der Waals surface area contributed by atoms with Crippen LogP contribution in [0.25, 0.3) is 0 Å². The average molecular weight is 528 g/mol. The van der Waals surface area contributed by atoms with Crippen LogP contribution in [0.3, 0.4) is 0 Å².